The zero-order chi connectivity index (χ0) is 13.6. The van der Waals surface area contributed by atoms with Gasteiger partial charge in [-0.05, 0) is 49.5 Å². The fraction of sp³-hybridized carbons (Fsp3) is 1.00. The molecule has 0 amide bonds. The highest BCUT2D eigenvalue weighted by Crippen LogP contribution is 2.38. The maximum absolute atomic E-state index is 3.87. The summed E-state index contributed by atoms with van der Waals surface area (Å²) in [6, 6.07) is 0.772. The van der Waals surface area contributed by atoms with Crippen molar-refractivity contribution in [3.05, 3.63) is 0 Å². The molecule has 1 rings (SSSR count). The van der Waals surface area contributed by atoms with Crippen LogP contribution in [0.2, 0.25) is 0 Å². The average molecular weight is 253 g/mol. The van der Waals surface area contributed by atoms with Crippen LogP contribution in [0.25, 0.3) is 0 Å². The predicted molar refractivity (Wildman–Crippen MR) is 81.9 cm³/mol. The molecule has 0 aromatic carbocycles. The minimum atomic E-state index is 0.573. The Morgan fingerprint density at radius 3 is 2.56 bits per heavy atom. The van der Waals surface area contributed by atoms with Gasteiger partial charge in [0.05, 0.1) is 0 Å². The summed E-state index contributed by atoms with van der Waals surface area (Å²) in [5, 5.41) is 3.87. The van der Waals surface area contributed by atoms with Gasteiger partial charge in [-0.2, -0.15) is 0 Å². The normalized spacial score (nSPS) is 29.2. The first-order chi connectivity index (χ1) is 8.48. The molecule has 0 radical (unpaired) electrons. The highest BCUT2D eigenvalue weighted by Gasteiger charge is 2.32. The van der Waals surface area contributed by atoms with Crippen LogP contribution in [0.1, 0.15) is 79.6 Å². The van der Waals surface area contributed by atoms with Crippen LogP contribution in [0.3, 0.4) is 0 Å². The van der Waals surface area contributed by atoms with Gasteiger partial charge in [0.25, 0.3) is 0 Å². The van der Waals surface area contributed by atoms with Crippen LogP contribution >= 0.6 is 0 Å². The van der Waals surface area contributed by atoms with Crippen molar-refractivity contribution < 1.29 is 0 Å². The maximum atomic E-state index is 3.87. The Hall–Kier alpha value is -0.0400. The lowest BCUT2D eigenvalue weighted by Crippen LogP contribution is -2.43. The maximum Gasteiger partial charge on any atom is 0.00932 e. The van der Waals surface area contributed by atoms with Gasteiger partial charge in [-0.3, -0.25) is 0 Å². The lowest BCUT2D eigenvalue weighted by molar-refractivity contribution is 0.145. The van der Waals surface area contributed by atoms with E-state index in [1.165, 1.54) is 51.5 Å². The van der Waals surface area contributed by atoms with E-state index in [-0.39, 0.29) is 0 Å². The summed E-state index contributed by atoms with van der Waals surface area (Å²) < 4.78 is 0. The van der Waals surface area contributed by atoms with E-state index >= 15 is 0 Å². The molecule has 108 valence electrons. The largest absolute Gasteiger partial charge is 0.313 e. The van der Waals surface area contributed by atoms with Crippen molar-refractivity contribution >= 4 is 0 Å². The van der Waals surface area contributed by atoms with Crippen molar-refractivity contribution in [2.75, 3.05) is 6.54 Å². The third kappa shape index (κ3) is 5.30. The molecule has 3 atom stereocenters. The number of rotatable bonds is 7. The van der Waals surface area contributed by atoms with E-state index in [0.29, 0.717) is 5.41 Å². The van der Waals surface area contributed by atoms with E-state index in [0.717, 1.165) is 17.9 Å². The molecule has 0 aromatic rings. The van der Waals surface area contributed by atoms with Crippen molar-refractivity contribution in [3.63, 3.8) is 0 Å². The summed E-state index contributed by atoms with van der Waals surface area (Å²) in [5.41, 5.74) is 0.573. The van der Waals surface area contributed by atoms with Crippen LogP contribution in [0.4, 0.5) is 0 Å². The molecule has 0 saturated heterocycles. The van der Waals surface area contributed by atoms with Crippen LogP contribution in [-0.2, 0) is 0 Å². The number of unbranched alkanes of at least 4 members (excludes halogenated alkanes) is 1. The predicted octanol–water partition coefficient (Wildman–Crippen LogP) is 5.01. The van der Waals surface area contributed by atoms with Crippen LogP contribution in [0.15, 0.2) is 0 Å². The average Bonchev–Trinajstić information content (AvgIpc) is 2.30. The van der Waals surface area contributed by atoms with Crippen LogP contribution < -0.4 is 5.32 Å². The van der Waals surface area contributed by atoms with E-state index < -0.39 is 0 Å². The first-order valence-electron chi connectivity index (χ1n) is 8.22. The fourth-order valence-corrected chi connectivity index (χ4v) is 3.51. The summed E-state index contributed by atoms with van der Waals surface area (Å²) in [7, 11) is 0. The summed E-state index contributed by atoms with van der Waals surface area (Å²) in [5.74, 6) is 1.74. The van der Waals surface area contributed by atoms with Gasteiger partial charge in [-0.1, -0.05) is 53.9 Å². The van der Waals surface area contributed by atoms with Crippen molar-refractivity contribution in [1.82, 2.24) is 5.32 Å². The number of nitrogens with one attached hydrogen (secondary N) is 1. The van der Waals surface area contributed by atoms with E-state index in [9.17, 15) is 0 Å². The number of hydrogen-bond acceptors (Lipinski definition) is 1. The van der Waals surface area contributed by atoms with Crippen molar-refractivity contribution in [2.24, 2.45) is 17.3 Å². The minimum Gasteiger partial charge on any atom is -0.313 e. The molecule has 1 heteroatoms. The summed E-state index contributed by atoms with van der Waals surface area (Å²) in [6.07, 6.45) is 9.62. The Morgan fingerprint density at radius 2 is 2.00 bits per heavy atom. The SMILES string of the molecule is CCCCC(CC)CNC1CCC(C)(C)CC1C. The van der Waals surface area contributed by atoms with Crippen LogP contribution in [-0.4, -0.2) is 12.6 Å². The van der Waals surface area contributed by atoms with Gasteiger partial charge in [0, 0.05) is 6.04 Å². The Labute approximate surface area is 115 Å². The van der Waals surface area contributed by atoms with Gasteiger partial charge in [-0.25, -0.2) is 0 Å². The van der Waals surface area contributed by atoms with Gasteiger partial charge in [0.2, 0.25) is 0 Å². The molecule has 1 saturated carbocycles. The second-order valence-electron chi connectivity index (χ2n) is 7.32. The van der Waals surface area contributed by atoms with Crippen molar-refractivity contribution in [3.8, 4) is 0 Å². The van der Waals surface area contributed by atoms with E-state index in [2.05, 4.69) is 39.9 Å². The Balaban J connectivity index is 2.30. The molecule has 18 heavy (non-hydrogen) atoms. The Bertz CT molecular complexity index is 222. The van der Waals surface area contributed by atoms with Crippen molar-refractivity contribution in [2.45, 2.75) is 85.6 Å². The molecule has 0 aromatic heterocycles. The van der Waals surface area contributed by atoms with Crippen LogP contribution in [0, 0.1) is 17.3 Å². The first kappa shape index (κ1) is 16.0. The van der Waals surface area contributed by atoms with Gasteiger partial charge in [0.1, 0.15) is 0 Å². The van der Waals surface area contributed by atoms with Gasteiger partial charge in [0.15, 0.2) is 0 Å². The first-order valence-corrected chi connectivity index (χ1v) is 8.22. The minimum absolute atomic E-state index is 0.573. The quantitative estimate of drug-likeness (QED) is 0.672. The molecule has 1 fully saturated rings. The highest BCUT2D eigenvalue weighted by atomic mass is 14.9. The topological polar surface area (TPSA) is 12.0 Å². The lowest BCUT2D eigenvalue weighted by Gasteiger charge is -2.40. The summed E-state index contributed by atoms with van der Waals surface area (Å²) in [6.45, 7) is 13.2. The molecule has 1 nitrogen and oxygen atoms in total. The third-order valence-electron chi connectivity index (χ3n) is 4.91. The Morgan fingerprint density at radius 1 is 1.28 bits per heavy atom. The molecule has 0 spiro atoms. The molecular weight excluding hydrogens is 218 g/mol. The van der Waals surface area contributed by atoms with E-state index in [1.807, 2.05) is 0 Å². The molecule has 1 aliphatic carbocycles. The molecule has 3 unspecified atom stereocenters. The summed E-state index contributed by atoms with van der Waals surface area (Å²) in [4.78, 5) is 0. The monoisotopic (exact) mass is 253 g/mol. The molecule has 1 aliphatic rings. The molecule has 1 N–H and O–H groups in total. The zero-order valence-corrected chi connectivity index (χ0v) is 13.4. The summed E-state index contributed by atoms with van der Waals surface area (Å²) >= 11 is 0. The van der Waals surface area contributed by atoms with Gasteiger partial charge >= 0.3 is 0 Å². The zero-order valence-electron chi connectivity index (χ0n) is 13.4. The lowest BCUT2D eigenvalue weighted by atomic mass is 9.70. The van der Waals surface area contributed by atoms with E-state index in [1.54, 1.807) is 0 Å². The standard InChI is InChI=1S/C17H35N/c1-6-8-9-15(7-2)13-18-16-10-11-17(4,5)12-14(16)3/h14-16,18H,6-13H2,1-5H3. The molecule has 0 aliphatic heterocycles. The smallest absolute Gasteiger partial charge is 0.00932 e. The highest BCUT2D eigenvalue weighted by molar-refractivity contribution is 4.87. The molecule has 0 heterocycles. The second kappa shape index (κ2) is 7.53. The number of hydrogen-bond donors (Lipinski definition) is 1. The van der Waals surface area contributed by atoms with Gasteiger partial charge in [-0.15, -0.1) is 0 Å². The Kier molecular flexibility index (Phi) is 6.70. The van der Waals surface area contributed by atoms with Crippen molar-refractivity contribution in [1.29, 1.82) is 0 Å². The van der Waals surface area contributed by atoms with Gasteiger partial charge < -0.3 is 5.32 Å². The third-order valence-corrected chi connectivity index (χ3v) is 4.91. The molecular formula is C17H35N. The second-order valence-corrected chi connectivity index (χ2v) is 7.32. The van der Waals surface area contributed by atoms with E-state index in [4.69, 9.17) is 0 Å². The fourth-order valence-electron chi connectivity index (χ4n) is 3.51. The molecule has 0 bridgehead atoms. The van der Waals surface area contributed by atoms with Crippen LogP contribution in [0.5, 0.6) is 0 Å².